The summed E-state index contributed by atoms with van der Waals surface area (Å²) in [6, 6.07) is 12.5. The molecule has 0 unspecified atom stereocenters. The van der Waals surface area contributed by atoms with Crippen molar-refractivity contribution in [2.45, 2.75) is 19.5 Å². The van der Waals surface area contributed by atoms with Crippen molar-refractivity contribution in [1.82, 2.24) is 0 Å². The zero-order valence-corrected chi connectivity index (χ0v) is 12.6. The number of rotatable bonds is 5. The minimum absolute atomic E-state index is 0.260. The molecule has 0 radical (unpaired) electrons. The van der Waals surface area contributed by atoms with Crippen LogP contribution in [0.4, 0.5) is 10.1 Å². The van der Waals surface area contributed by atoms with E-state index in [0.29, 0.717) is 12.1 Å². The van der Waals surface area contributed by atoms with Crippen LogP contribution in [0.15, 0.2) is 42.5 Å². The average Bonchev–Trinajstić information content (AvgIpc) is 2.47. The number of anilines is 1. The predicted molar refractivity (Wildman–Crippen MR) is 84.1 cm³/mol. The first-order valence-corrected chi connectivity index (χ1v) is 6.91. The molecule has 0 aliphatic heterocycles. The highest BCUT2D eigenvalue weighted by molar-refractivity contribution is 5.55. The normalized spacial score (nSPS) is 12.0. The summed E-state index contributed by atoms with van der Waals surface area (Å²) in [5.41, 5.74) is 8.39. The van der Waals surface area contributed by atoms with Crippen molar-refractivity contribution < 1.29 is 9.13 Å². The van der Waals surface area contributed by atoms with Gasteiger partial charge < -0.3 is 15.4 Å². The molecule has 2 N–H and O–H groups in total. The van der Waals surface area contributed by atoms with Crippen LogP contribution in [-0.2, 0) is 6.54 Å². The predicted octanol–water partition coefficient (Wildman–Crippen LogP) is 3.49. The number of hydrogen-bond donors (Lipinski definition) is 1. The number of ether oxygens (including phenoxy) is 1. The van der Waals surface area contributed by atoms with Crippen LogP contribution in [0.25, 0.3) is 0 Å². The third-order valence-corrected chi connectivity index (χ3v) is 3.48. The zero-order chi connectivity index (χ0) is 15.4. The lowest BCUT2D eigenvalue weighted by molar-refractivity contribution is 0.414. The molecule has 0 amide bonds. The van der Waals surface area contributed by atoms with Crippen LogP contribution in [-0.4, -0.2) is 14.2 Å². The lowest BCUT2D eigenvalue weighted by Crippen LogP contribution is -2.21. The summed E-state index contributed by atoms with van der Waals surface area (Å²) >= 11 is 0. The molecule has 0 bridgehead atoms. The van der Waals surface area contributed by atoms with Crippen molar-refractivity contribution in [3.63, 3.8) is 0 Å². The van der Waals surface area contributed by atoms with Crippen molar-refractivity contribution in [1.29, 1.82) is 0 Å². The molecule has 21 heavy (non-hydrogen) atoms. The fraction of sp³-hybridized carbons (Fsp3) is 0.294. The maximum atomic E-state index is 14.0. The van der Waals surface area contributed by atoms with Gasteiger partial charge in [0.25, 0.3) is 0 Å². The molecule has 0 aliphatic carbocycles. The van der Waals surface area contributed by atoms with Crippen LogP contribution in [0.5, 0.6) is 5.75 Å². The van der Waals surface area contributed by atoms with Crippen LogP contribution in [0.3, 0.4) is 0 Å². The molecule has 2 rings (SSSR count). The monoisotopic (exact) mass is 288 g/mol. The number of halogens is 1. The summed E-state index contributed by atoms with van der Waals surface area (Å²) in [6.07, 6.45) is 0. The Hall–Kier alpha value is -2.07. The lowest BCUT2D eigenvalue weighted by Gasteiger charge is -2.24. The van der Waals surface area contributed by atoms with E-state index in [9.17, 15) is 4.39 Å². The van der Waals surface area contributed by atoms with Crippen molar-refractivity contribution >= 4 is 5.69 Å². The minimum atomic E-state index is -0.348. The first kappa shape index (κ1) is 15.3. The first-order valence-electron chi connectivity index (χ1n) is 6.91. The van der Waals surface area contributed by atoms with Gasteiger partial charge in [0.1, 0.15) is 11.6 Å². The third kappa shape index (κ3) is 3.52. The molecule has 4 heteroatoms. The number of methoxy groups -OCH3 is 1. The average molecular weight is 288 g/mol. The third-order valence-electron chi connectivity index (χ3n) is 3.48. The van der Waals surface area contributed by atoms with Crippen molar-refractivity contribution in [2.75, 3.05) is 19.1 Å². The lowest BCUT2D eigenvalue weighted by atomic mass is 10.0. The van der Waals surface area contributed by atoms with Crippen LogP contribution in [0, 0.1) is 5.82 Å². The van der Waals surface area contributed by atoms with Crippen LogP contribution in [0.1, 0.15) is 24.1 Å². The van der Waals surface area contributed by atoms with Crippen LogP contribution >= 0.6 is 0 Å². The molecule has 0 aliphatic rings. The molecule has 0 heterocycles. The van der Waals surface area contributed by atoms with E-state index in [2.05, 4.69) is 0 Å². The SMILES string of the molecule is COc1ccc(CN(C)c2cccc(F)c2[C@H](C)N)cc1. The Morgan fingerprint density at radius 2 is 1.86 bits per heavy atom. The Kier molecular flexibility index (Phi) is 4.81. The molecule has 0 saturated carbocycles. The molecule has 0 saturated heterocycles. The second-order valence-corrected chi connectivity index (χ2v) is 5.17. The molecule has 2 aromatic carbocycles. The second kappa shape index (κ2) is 6.59. The Balaban J connectivity index is 2.23. The number of benzene rings is 2. The van der Waals surface area contributed by atoms with Gasteiger partial charge in [-0.2, -0.15) is 0 Å². The molecule has 0 spiro atoms. The van der Waals surface area contributed by atoms with Gasteiger partial charge in [-0.3, -0.25) is 0 Å². The fourth-order valence-electron chi connectivity index (χ4n) is 2.40. The van der Waals surface area contributed by atoms with Crippen molar-refractivity contribution in [2.24, 2.45) is 5.73 Å². The molecule has 2 aromatic rings. The van der Waals surface area contributed by atoms with E-state index < -0.39 is 0 Å². The van der Waals surface area contributed by atoms with Gasteiger partial charge in [0.15, 0.2) is 0 Å². The highest BCUT2D eigenvalue weighted by atomic mass is 19.1. The van der Waals surface area contributed by atoms with E-state index >= 15 is 0 Å². The highest BCUT2D eigenvalue weighted by Gasteiger charge is 2.15. The minimum Gasteiger partial charge on any atom is -0.497 e. The summed E-state index contributed by atoms with van der Waals surface area (Å²) in [6.45, 7) is 2.47. The summed E-state index contributed by atoms with van der Waals surface area (Å²) in [5, 5.41) is 0. The Bertz CT molecular complexity index is 596. The van der Waals surface area contributed by atoms with Crippen LogP contribution < -0.4 is 15.4 Å². The number of hydrogen-bond acceptors (Lipinski definition) is 3. The van der Waals surface area contributed by atoms with Gasteiger partial charge in [-0.05, 0) is 36.8 Å². The van der Waals surface area contributed by atoms with Gasteiger partial charge in [0.2, 0.25) is 0 Å². The molecule has 3 nitrogen and oxygen atoms in total. The topological polar surface area (TPSA) is 38.5 Å². The molecule has 1 atom stereocenters. The van der Waals surface area contributed by atoms with Gasteiger partial charge in [-0.25, -0.2) is 4.39 Å². The van der Waals surface area contributed by atoms with Crippen LogP contribution in [0.2, 0.25) is 0 Å². The maximum Gasteiger partial charge on any atom is 0.130 e. The fourth-order valence-corrected chi connectivity index (χ4v) is 2.40. The molecule has 0 aromatic heterocycles. The van der Waals surface area contributed by atoms with E-state index in [1.165, 1.54) is 6.07 Å². The van der Waals surface area contributed by atoms with Gasteiger partial charge in [0.05, 0.1) is 7.11 Å². The Labute approximate surface area is 125 Å². The van der Waals surface area contributed by atoms with Gasteiger partial charge in [-0.1, -0.05) is 18.2 Å². The number of nitrogens with zero attached hydrogens (tertiary/aromatic N) is 1. The van der Waals surface area contributed by atoms with Gasteiger partial charge in [0, 0.05) is 30.9 Å². The van der Waals surface area contributed by atoms with E-state index in [1.54, 1.807) is 20.1 Å². The van der Waals surface area contributed by atoms with E-state index in [1.807, 2.05) is 42.3 Å². The molecular weight excluding hydrogens is 267 g/mol. The smallest absolute Gasteiger partial charge is 0.130 e. The molecule has 112 valence electrons. The molecular formula is C17H21FN2O. The van der Waals surface area contributed by atoms with E-state index in [4.69, 9.17) is 10.5 Å². The largest absolute Gasteiger partial charge is 0.497 e. The van der Waals surface area contributed by atoms with E-state index in [0.717, 1.165) is 17.0 Å². The Morgan fingerprint density at radius 3 is 2.43 bits per heavy atom. The first-order chi connectivity index (χ1) is 10.0. The zero-order valence-electron chi connectivity index (χ0n) is 12.6. The summed E-state index contributed by atoms with van der Waals surface area (Å²) in [5.74, 6) is 0.563. The summed E-state index contributed by atoms with van der Waals surface area (Å²) in [7, 11) is 3.58. The highest BCUT2D eigenvalue weighted by Crippen LogP contribution is 2.28. The van der Waals surface area contributed by atoms with Crippen molar-refractivity contribution in [3.8, 4) is 5.75 Å². The maximum absolute atomic E-state index is 14.0. The summed E-state index contributed by atoms with van der Waals surface area (Å²) < 4.78 is 19.1. The van der Waals surface area contributed by atoms with Crippen molar-refractivity contribution in [3.05, 3.63) is 59.4 Å². The van der Waals surface area contributed by atoms with Gasteiger partial charge >= 0.3 is 0 Å². The summed E-state index contributed by atoms with van der Waals surface area (Å²) in [4.78, 5) is 2.00. The quantitative estimate of drug-likeness (QED) is 0.915. The van der Waals surface area contributed by atoms with E-state index in [-0.39, 0.29) is 11.9 Å². The standard InChI is InChI=1S/C17H21FN2O/c1-12(19)17-15(18)5-4-6-16(17)20(2)11-13-7-9-14(21-3)10-8-13/h4-10,12H,11,19H2,1-3H3/t12-/m0/s1. The second-order valence-electron chi connectivity index (χ2n) is 5.17. The number of nitrogens with two attached hydrogens (primary N) is 1. The molecule has 0 fully saturated rings. The van der Waals surface area contributed by atoms with Gasteiger partial charge in [-0.15, -0.1) is 0 Å². The Morgan fingerprint density at radius 1 is 1.19 bits per heavy atom.